The van der Waals surface area contributed by atoms with Gasteiger partial charge in [0.1, 0.15) is 4.92 Å². The Morgan fingerprint density at radius 2 is 2.15 bits per heavy atom. The fourth-order valence-corrected chi connectivity index (χ4v) is 1.86. The number of aromatic nitrogens is 1. The summed E-state index contributed by atoms with van der Waals surface area (Å²) in [5, 5.41) is 12.5. The van der Waals surface area contributed by atoms with Gasteiger partial charge < -0.3 is 4.42 Å². The number of hydrogen-bond acceptors (Lipinski definition) is 5. The van der Waals surface area contributed by atoms with Crippen molar-refractivity contribution < 1.29 is 9.34 Å². The lowest BCUT2D eigenvalue weighted by Crippen LogP contribution is -1.83. The first-order chi connectivity index (χ1) is 9.74. The fraction of sp³-hybridized carbons (Fsp3) is 0. The van der Waals surface area contributed by atoms with Gasteiger partial charge in [0, 0.05) is 23.2 Å². The van der Waals surface area contributed by atoms with E-state index in [-0.39, 0.29) is 5.88 Å². The Bertz CT molecular complexity index is 803. The van der Waals surface area contributed by atoms with Crippen LogP contribution in [0.3, 0.4) is 0 Å². The first-order valence-electron chi connectivity index (χ1n) is 5.85. The number of rotatable bonds is 3. The lowest BCUT2D eigenvalue weighted by molar-refractivity contribution is -0.402. The van der Waals surface area contributed by atoms with Crippen molar-refractivity contribution >= 4 is 28.6 Å². The van der Waals surface area contributed by atoms with Gasteiger partial charge in [0.15, 0.2) is 5.76 Å². The first-order valence-corrected chi connectivity index (χ1v) is 5.85. The summed E-state index contributed by atoms with van der Waals surface area (Å²) in [6.45, 7) is 0. The van der Waals surface area contributed by atoms with Gasteiger partial charge in [-0.3, -0.25) is 20.1 Å². The summed E-state index contributed by atoms with van der Waals surface area (Å²) in [4.78, 5) is 18.3. The highest BCUT2D eigenvalue weighted by molar-refractivity contribution is 5.94. The summed E-state index contributed by atoms with van der Waals surface area (Å²) in [5.74, 6) is 0.0383. The van der Waals surface area contributed by atoms with E-state index < -0.39 is 4.92 Å². The van der Waals surface area contributed by atoms with Crippen molar-refractivity contribution in [3.63, 3.8) is 0 Å². The second-order valence-corrected chi connectivity index (χ2v) is 4.07. The Hall–Kier alpha value is -3.02. The van der Waals surface area contributed by atoms with E-state index in [0.29, 0.717) is 5.76 Å². The molecule has 0 aliphatic heterocycles. The standard InChI is InChI=1S/C14H9N3O3/c18-17(19)14-5-4-11(20-14)9-16-13-3-1-2-10-8-15-7-6-12(10)13/h1-9H. The Balaban J connectivity index is 1.96. The highest BCUT2D eigenvalue weighted by Crippen LogP contribution is 2.25. The molecule has 2 aromatic heterocycles. The van der Waals surface area contributed by atoms with Crippen LogP contribution in [0.1, 0.15) is 5.76 Å². The van der Waals surface area contributed by atoms with Crippen LogP contribution in [0.5, 0.6) is 0 Å². The minimum absolute atomic E-state index is 0.298. The van der Waals surface area contributed by atoms with Crippen LogP contribution in [-0.2, 0) is 0 Å². The maximum atomic E-state index is 10.5. The molecule has 0 unspecified atom stereocenters. The molecule has 98 valence electrons. The molecule has 6 nitrogen and oxygen atoms in total. The topological polar surface area (TPSA) is 81.5 Å². The van der Waals surface area contributed by atoms with Gasteiger partial charge in [-0.15, -0.1) is 0 Å². The number of furan rings is 1. The Morgan fingerprint density at radius 1 is 1.25 bits per heavy atom. The van der Waals surface area contributed by atoms with Gasteiger partial charge in [-0.25, -0.2) is 0 Å². The van der Waals surface area contributed by atoms with E-state index in [1.54, 1.807) is 12.4 Å². The number of aliphatic imine (C=N–C) groups is 1. The molecule has 3 rings (SSSR count). The van der Waals surface area contributed by atoms with Gasteiger partial charge in [0.05, 0.1) is 18.0 Å². The molecule has 0 atom stereocenters. The molecular weight excluding hydrogens is 258 g/mol. The first kappa shape index (κ1) is 12.0. The molecule has 0 fully saturated rings. The molecule has 6 heteroatoms. The van der Waals surface area contributed by atoms with Crippen molar-refractivity contribution in [2.24, 2.45) is 4.99 Å². The minimum Gasteiger partial charge on any atom is -0.400 e. The third-order valence-electron chi connectivity index (χ3n) is 2.78. The van der Waals surface area contributed by atoms with Crippen molar-refractivity contribution in [3.05, 3.63) is 64.7 Å². The van der Waals surface area contributed by atoms with Crippen LogP contribution in [-0.4, -0.2) is 16.1 Å². The minimum atomic E-state index is -0.582. The number of nitro groups is 1. The summed E-state index contributed by atoms with van der Waals surface area (Å²) in [7, 11) is 0. The van der Waals surface area contributed by atoms with E-state index >= 15 is 0 Å². The van der Waals surface area contributed by atoms with Crippen molar-refractivity contribution in [3.8, 4) is 0 Å². The van der Waals surface area contributed by atoms with Crippen LogP contribution in [0.2, 0.25) is 0 Å². The summed E-state index contributed by atoms with van der Waals surface area (Å²) < 4.78 is 5.02. The van der Waals surface area contributed by atoms with E-state index in [2.05, 4.69) is 9.98 Å². The molecule has 3 aromatic rings. The van der Waals surface area contributed by atoms with Crippen LogP contribution < -0.4 is 0 Å². The zero-order valence-corrected chi connectivity index (χ0v) is 10.3. The van der Waals surface area contributed by atoms with Crippen molar-refractivity contribution in [2.75, 3.05) is 0 Å². The largest absolute Gasteiger partial charge is 0.433 e. The third kappa shape index (κ3) is 2.26. The quantitative estimate of drug-likeness (QED) is 0.413. The lowest BCUT2D eigenvalue weighted by atomic mass is 10.1. The molecule has 0 saturated carbocycles. The molecule has 0 spiro atoms. The average Bonchev–Trinajstić information content (AvgIpc) is 2.94. The maximum absolute atomic E-state index is 10.5. The zero-order valence-electron chi connectivity index (χ0n) is 10.3. The fourth-order valence-electron chi connectivity index (χ4n) is 1.86. The molecule has 0 bridgehead atoms. The number of fused-ring (bicyclic) bond motifs is 1. The predicted octanol–water partition coefficient (Wildman–Crippen LogP) is 3.49. The van der Waals surface area contributed by atoms with Crippen molar-refractivity contribution in [1.29, 1.82) is 0 Å². The molecule has 2 heterocycles. The van der Waals surface area contributed by atoms with Gasteiger partial charge in [-0.1, -0.05) is 12.1 Å². The van der Waals surface area contributed by atoms with E-state index in [1.807, 2.05) is 24.3 Å². The van der Waals surface area contributed by atoms with Crippen LogP contribution in [0.15, 0.2) is 58.2 Å². The van der Waals surface area contributed by atoms with Crippen LogP contribution in [0, 0.1) is 10.1 Å². The highest BCUT2D eigenvalue weighted by atomic mass is 16.6. The molecule has 0 aliphatic carbocycles. The second-order valence-electron chi connectivity index (χ2n) is 4.07. The number of hydrogen-bond donors (Lipinski definition) is 0. The molecule has 0 saturated heterocycles. The molecular formula is C14H9N3O3. The summed E-state index contributed by atoms with van der Waals surface area (Å²) >= 11 is 0. The number of pyridine rings is 1. The Labute approximate surface area is 113 Å². The van der Waals surface area contributed by atoms with Gasteiger partial charge >= 0.3 is 5.88 Å². The van der Waals surface area contributed by atoms with E-state index in [0.717, 1.165) is 16.5 Å². The SMILES string of the molecule is O=[N+]([O-])c1ccc(C=Nc2cccc3cnccc23)o1. The number of nitrogens with zero attached hydrogens (tertiary/aromatic N) is 3. The summed E-state index contributed by atoms with van der Waals surface area (Å²) in [6.07, 6.45) is 4.91. The molecule has 0 radical (unpaired) electrons. The van der Waals surface area contributed by atoms with Crippen LogP contribution >= 0.6 is 0 Å². The predicted molar refractivity (Wildman–Crippen MR) is 74.4 cm³/mol. The normalized spacial score (nSPS) is 11.2. The third-order valence-corrected chi connectivity index (χ3v) is 2.78. The second kappa shape index (κ2) is 4.93. The monoisotopic (exact) mass is 267 g/mol. The van der Waals surface area contributed by atoms with Crippen molar-refractivity contribution in [2.45, 2.75) is 0 Å². The number of benzene rings is 1. The Morgan fingerprint density at radius 3 is 2.95 bits per heavy atom. The van der Waals surface area contributed by atoms with E-state index in [9.17, 15) is 10.1 Å². The smallest absolute Gasteiger partial charge is 0.400 e. The van der Waals surface area contributed by atoms with Gasteiger partial charge in [-0.2, -0.15) is 0 Å². The summed E-state index contributed by atoms with van der Waals surface area (Å²) in [5.41, 5.74) is 0.754. The van der Waals surface area contributed by atoms with E-state index in [4.69, 9.17) is 4.42 Å². The molecule has 20 heavy (non-hydrogen) atoms. The zero-order chi connectivity index (χ0) is 13.9. The van der Waals surface area contributed by atoms with Crippen LogP contribution in [0.4, 0.5) is 11.6 Å². The highest BCUT2D eigenvalue weighted by Gasteiger charge is 2.10. The molecule has 0 amide bonds. The maximum Gasteiger partial charge on any atom is 0.433 e. The molecule has 0 aliphatic rings. The van der Waals surface area contributed by atoms with E-state index in [1.165, 1.54) is 18.3 Å². The van der Waals surface area contributed by atoms with Gasteiger partial charge in [-0.05, 0) is 18.2 Å². The summed E-state index contributed by atoms with van der Waals surface area (Å²) in [6, 6.07) is 10.4. The van der Waals surface area contributed by atoms with Crippen LogP contribution in [0.25, 0.3) is 10.8 Å². The molecule has 0 N–H and O–H groups in total. The molecule has 1 aromatic carbocycles. The van der Waals surface area contributed by atoms with Gasteiger partial charge in [0.2, 0.25) is 0 Å². The lowest BCUT2D eigenvalue weighted by Gasteiger charge is -1.99. The Kier molecular flexibility index (Phi) is 2.96. The van der Waals surface area contributed by atoms with Gasteiger partial charge in [0.25, 0.3) is 0 Å². The van der Waals surface area contributed by atoms with Crippen molar-refractivity contribution in [1.82, 2.24) is 4.98 Å². The average molecular weight is 267 g/mol.